The van der Waals surface area contributed by atoms with Crippen LogP contribution in [0, 0.1) is 0 Å². The lowest BCUT2D eigenvalue weighted by atomic mass is 10.0. The molecule has 1 aromatic heterocycles. The topological polar surface area (TPSA) is 24.9 Å². The van der Waals surface area contributed by atoms with Crippen LogP contribution in [0.25, 0.3) is 0 Å². The Morgan fingerprint density at radius 1 is 1.21 bits per heavy atom. The molecule has 0 saturated carbocycles. The lowest BCUT2D eigenvalue weighted by Gasteiger charge is -2.18. The second-order valence-corrected chi connectivity index (χ2v) is 5.43. The Labute approximate surface area is 123 Å². The molecule has 0 fully saturated rings. The molecule has 2 nitrogen and oxygen atoms in total. The number of nitrogens with zero attached hydrogens (tertiary/aromatic N) is 1. The summed E-state index contributed by atoms with van der Waals surface area (Å²) in [6.07, 6.45) is 3.90. The molecule has 1 aromatic carbocycles. The minimum atomic E-state index is 0.274. The van der Waals surface area contributed by atoms with Crippen LogP contribution < -0.4 is 5.32 Å². The smallest absolute Gasteiger partial charge is 0.0422 e. The molecule has 0 aliphatic heterocycles. The first-order valence-corrected chi connectivity index (χ1v) is 7.39. The molecule has 1 unspecified atom stereocenters. The molecule has 0 amide bonds. The maximum Gasteiger partial charge on any atom is 0.0422 e. The van der Waals surface area contributed by atoms with E-state index in [4.69, 9.17) is 0 Å². The van der Waals surface area contributed by atoms with Gasteiger partial charge in [-0.3, -0.25) is 4.98 Å². The van der Waals surface area contributed by atoms with Crippen molar-refractivity contribution in [3.8, 4) is 0 Å². The van der Waals surface area contributed by atoms with E-state index in [9.17, 15) is 0 Å². The van der Waals surface area contributed by atoms with Crippen molar-refractivity contribution in [3.05, 3.63) is 63.9 Å². The van der Waals surface area contributed by atoms with Crippen LogP contribution >= 0.6 is 15.9 Å². The van der Waals surface area contributed by atoms with Crippen LogP contribution in [-0.2, 0) is 12.8 Å². The lowest BCUT2D eigenvalue weighted by molar-refractivity contribution is 0.582. The zero-order valence-electron chi connectivity index (χ0n) is 11.4. The van der Waals surface area contributed by atoms with Crippen molar-refractivity contribution in [2.45, 2.75) is 25.8 Å². The Kier molecular flexibility index (Phi) is 5.11. The predicted octanol–water partition coefficient (Wildman–Crippen LogP) is 3.91. The number of aromatic nitrogens is 1. The van der Waals surface area contributed by atoms with E-state index in [2.05, 4.69) is 63.5 Å². The highest BCUT2D eigenvalue weighted by atomic mass is 79.9. The molecule has 2 rings (SSSR count). The fourth-order valence-electron chi connectivity index (χ4n) is 2.12. The monoisotopic (exact) mass is 318 g/mol. The van der Waals surface area contributed by atoms with Gasteiger partial charge in [-0.25, -0.2) is 0 Å². The van der Waals surface area contributed by atoms with E-state index in [1.165, 1.54) is 11.1 Å². The average Bonchev–Trinajstić information content (AvgIpc) is 2.46. The standard InChI is InChI=1S/C16H19BrN2/c1-3-12-8-9-13(19-11-12)10-16(18-2)14-6-4-5-7-15(14)17/h4-9,11,16,18H,3,10H2,1-2H3. The second kappa shape index (κ2) is 6.83. The van der Waals surface area contributed by atoms with Gasteiger partial charge >= 0.3 is 0 Å². The van der Waals surface area contributed by atoms with Gasteiger partial charge in [0.15, 0.2) is 0 Å². The Balaban J connectivity index is 2.17. The van der Waals surface area contributed by atoms with Gasteiger partial charge in [0.05, 0.1) is 0 Å². The van der Waals surface area contributed by atoms with Crippen LogP contribution in [0.4, 0.5) is 0 Å². The Bertz CT molecular complexity index is 523. The molecular formula is C16H19BrN2. The first-order chi connectivity index (χ1) is 9.24. The number of aryl methyl sites for hydroxylation is 1. The molecule has 1 atom stereocenters. The Hall–Kier alpha value is -1.19. The lowest BCUT2D eigenvalue weighted by Crippen LogP contribution is -2.19. The third kappa shape index (κ3) is 3.64. The van der Waals surface area contributed by atoms with Gasteiger partial charge < -0.3 is 5.32 Å². The van der Waals surface area contributed by atoms with E-state index in [-0.39, 0.29) is 6.04 Å². The molecular weight excluding hydrogens is 300 g/mol. The number of hydrogen-bond donors (Lipinski definition) is 1. The van der Waals surface area contributed by atoms with Crippen LogP contribution in [0.15, 0.2) is 47.1 Å². The minimum absolute atomic E-state index is 0.274. The molecule has 1 heterocycles. The van der Waals surface area contributed by atoms with E-state index in [1.807, 2.05) is 19.3 Å². The maximum absolute atomic E-state index is 4.54. The number of benzene rings is 1. The Morgan fingerprint density at radius 2 is 2.00 bits per heavy atom. The summed E-state index contributed by atoms with van der Waals surface area (Å²) < 4.78 is 1.14. The van der Waals surface area contributed by atoms with Crippen LogP contribution in [-0.4, -0.2) is 12.0 Å². The van der Waals surface area contributed by atoms with Crippen molar-refractivity contribution in [2.75, 3.05) is 7.05 Å². The summed E-state index contributed by atoms with van der Waals surface area (Å²) in [6.45, 7) is 2.15. The summed E-state index contributed by atoms with van der Waals surface area (Å²) in [4.78, 5) is 4.54. The highest BCUT2D eigenvalue weighted by Gasteiger charge is 2.13. The van der Waals surface area contributed by atoms with Crippen LogP contribution in [0.2, 0.25) is 0 Å². The summed E-state index contributed by atoms with van der Waals surface area (Å²) in [7, 11) is 1.99. The van der Waals surface area contributed by atoms with Gasteiger partial charge in [-0.05, 0) is 36.7 Å². The van der Waals surface area contributed by atoms with Gasteiger partial charge in [0.2, 0.25) is 0 Å². The van der Waals surface area contributed by atoms with Crippen molar-refractivity contribution >= 4 is 15.9 Å². The quantitative estimate of drug-likeness (QED) is 0.904. The van der Waals surface area contributed by atoms with Gasteiger partial charge in [-0.2, -0.15) is 0 Å². The van der Waals surface area contributed by atoms with Crippen molar-refractivity contribution in [2.24, 2.45) is 0 Å². The zero-order valence-corrected chi connectivity index (χ0v) is 12.9. The van der Waals surface area contributed by atoms with Crippen molar-refractivity contribution < 1.29 is 0 Å². The molecule has 0 radical (unpaired) electrons. The number of rotatable bonds is 5. The average molecular weight is 319 g/mol. The maximum atomic E-state index is 4.54. The number of nitrogens with one attached hydrogen (secondary N) is 1. The van der Waals surface area contributed by atoms with E-state index in [1.54, 1.807) is 0 Å². The number of likely N-dealkylation sites (N-methyl/N-ethyl adjacent to an activating group) is 1. The molecule has 3 heteroatoms. The molecule has 0 spiro atoms. The summed E-state index contributed by atoms with van der Waals surface area (Å²) in [6, 6.07) is 12.9. The number of halogens is 1. The zero-order chi connectivity index (χ0) is 13.7. The van der Waals surface area contributed by atoms with Crippen molar-refractivity contribution in [1.82, 2.24) is 10.3 Å². The van der Waals surface area contributed by atoms with E-state index in [0.29, 0.717) is 0 Å². The van der Waals surface area contributed by atoms with Gasteiger partial charge in [0, 0.05) is 28.8 Å². The van der Waals surface area contributed by atoms with Gasteiger partial charge in [0.1, 0.15) is 0 Å². The first kappa shape index (κ1) is 14.2. The van der Waals surface area contributed by atoms with Crippen LogP contribution in [0.1, 0.15) is 29.8 Å². The third-order valence-electron chi connectivity index (χ3n) is 3.34. The first-order valence-electron chi connectivity index (χ1n) is 6.60. The van der Waals surface area contributed by atoms with Crippen molar-refractivity contribution in [3.63, 3.8) is 0 Å². The second-order valence-electron chi connectivity index (χ2n) is 4.58. The SMILES string of the molecule is CCc1ccc(CC(NC)c2ccccc2Br)nc1. The molecule has 1 N–H and O–H groups in total. The number of pyridine rings is 1. The summed E-state index contributed by atoms with van der Waals surface area (Å²) >= 11 is 3.61. The van der Waals surface area contributed by atoms with E-state index >= 15 is 0 Å². The Morgan fingerprint density at radius 3 is 2.58 bits per heavy atom. The van der Waals surface area contributed by atoms with E-state index < -0.39 is 0 Å². The summed E-state index contributed by atoms with van der Waals surface area (Å²) in [5.74, 6) is 0. The molecule has 0 bridgehead atoms. The largest absolute Gasteiger partial charge is 0.313 e. The van der Waals surface area contributed by atoms with Crippen LogP contribution in [0.3, 0.4) is 0 Å². The van der Waals surface area contributed by atoms with Gasteiger partial charge in [0.25, 0.3) is 0 Å². The van der Waals surface area contributed by atoms with Crippen LogP contribution in [0.5, 0.6) is 0 Å². The van der Waals surface area contributed by atoms with E-state index in [0.717, 1.165) is 23.0 Å². The number of hydrogen-bond acceptors (Lipinski definition) is 2. The fourth-order valence-corrected chi connectivity index (χ4v) is 2.68. The fraction of sp³-hybridized carbons (Fsp3) is 0.312. The summed E-state index contributed by atoms with van der Waals surface area (Å²) in [5.41, 5.74) is 3.67. The normalized spacial score (nSPS) is 12.4. The highest BCUT2D eigenvalue weighted by molar-refractivity contribution is 9.10. The van der Waals surface area contributed by atoms with Gasteiger partial charge in [-0.1, -0.05) is 47.1 Å². The summed E-state index contributed by atoms with van der Waals surface area (Å²) in [5, 5.41) is 3.37. The molecule has 19 heavy (non-hydrogen) atoms. The highest BCUT2D eigenvalue weighted by Crippen LogP contribution is 2.25. The minimum Gasteiger partial charge on any atom is -0.313 e. The van der Waals surface area contributed by atoms with Gasteiger partial charge in [-0.15, -0.1) is 0 Å². The predicted molar refractivity (Wildman–Crippen MR) is 83.3 cm³/mol. The van der Waals surface area contributed by atoms with Crippen molar-refractivity contribution in [1.29, 1.82) is 0 Å². The molecule has 0 aliphatic carbocycles. The molecule has 100 valence electrons. The molecule has 0 saturated heterocycles. The molecule has 0 aliphatic rings. The third-order valence-corrected chi connectivity index (χ3v) is 4.06. The molecule has 2 aromatic rings.